The van der Waals surface area contributed by atoms with Crippen LogP contribution in [0.3, 0.4) is 0 Å². The molecule has 0 aromatic carbocycles. The lowest BCUT2D eigenvalue weighted by molar-refractivity contribution is 0.199. The molecule has 0 heterocycles. The van der Waals surface area contributed by atoms with Crippen LogP contribution in [0.2, 0.25) is 0 Å². The monoisotopic (exact) mass is 235 g/mol. The highest BCUT2D eigenvalue weighted by molar-refractivity contribution is 5.05. The van der Waals surface area contributed by atoms with Crippen LogP contribution in [0.4, 0.5) is 0 Å². The minimum atomic E-state index is 0.569. The van der Waals surface area contributed by atoms with Gasteiger partial charge in [-0.15, -0.1) is 0 Å². The molecule has 0 bridgehead atoms. The van der Waals surface area contributed by atoms with Gasteiger partial charge in [0.1, 0.15) is 0 Å². The van der Waals surface area contributed by atoms with E-state index in [-0.39, 0.29) is 0 Å². The first kappa shape index (κ1) is 13.1. The van der Waals surface area contributed by atoms with Crippen molar-refractivity contribution in [3.8, 4) is 0 Å². The van der Waals surface area contributed by atoms with Gasteiger partial charge in [-0.1, -0.05) is 31.9 Å². The van der Waals surface area contributed by atoms with Crippen LogP contribution in [0.15, 0.2) is 11.6 Å². The van der Waals surface area contributed by atoms with Gasteiger partial charge in [0.25, 0.3) is 0 Å². The number of rotatable bonds is 4. The van der Waals surface area contributed by atoms with Crippen molar-refractivity contribution >= 4 is 0 Å². The third kappa shape index (κ3) is 4.46. The lowest BCUT2D eigenvalue weighted by Gasteiger charge is -2.35. The Bertz CT molecular complexity index is 265. The second-order valence-corrected chi connectivity index (χ2v) is 6.77. The van der Waals surface area contributed by atoms with Crippen LogP contribution in [0, 0.1) is 5.41 Å². The maximum Gasteiger partial charge on any atom is 0.00722 e. The Morgan fingerprint density at radius 2 is 2.18 bits per heavy atom. The highest BCUT2D eigenvalue weighted by Crippen LogP contribution is 2.35. The molecular formula is C16H29N. The van der Waals surface area contributed by atoms with Crippen molar-refractivity contribution in [3.63, 3.8) is 0 Å². The molecule has 1 N–H and O–H groups in total. The summed E-state index contributed by atoms with van der Waals surface area (Å²) >= 11 is 0. The van der Waals surface area contributed by atoms with Crippen LogP contribution in [-0.4, -0.2) is 12.6 Å². The van der Waals surface area contributed by atoms with E-state index in [4.69, 9.17) is 0 Å². The SMILES string of the molecule is CC1(C)CCCC(NCCC2=CCCCC2)C1. The minimum absolute atomic E-state index is 0.569. The maximum atomic E-state index is 3.78. The molecule has 0 aromatic rings. The zero-order valence-corrected chi connectivity index (χ0v) is 11.7. The Labute approximate surface area is 107 Å². The molecule has 17 heavy (non-hydrogen) atoms. The third-order valence-corrected chi connectivity index (χ3v) is 4.47. The number of hydrogen-bond acceptors (Lipinski definition) is 1. The van der Waals surface area contributed by atoms with Crippen molar-refractivity contribution < 1.29 is 0 Å². The summed E-state index contributed by atoms with van der Waals surface area (Å²) < 4.78 is 0. The van der Waals surface area contributed by atoms with Crippen molar-refractivity contribution in [2.45, 2.75) is 77.7 Å². The summed E-state index contributed by atoms with van der Waals surface area (Å²) in [5.74, 6) is 0. The molecule has 1 unspecified atom stereocenters. The molecule has 2 aliphatic rings. The summed E-state index contributed by atoms with van der Waals surface area (Å²) in [5.41, 5.74) is 2.28. The minimum Gasteiger partial charge on any atom is -0.314 e. The van der Waals surface area contributed by atoms with Gasteiger partial charge in [-0.05, 0) is 63.3 Å². The molecule has 0 aromatic heterocycles. The van der Waals surface area contributed by atoms with Crippen molar-refractivity contribution in [1.29, 1.82) is 0 Å². The van der Waals surface area contributed by atoms with E-state index in [0.29, 0.717) is 5.41 Å². The molecule has 0 aliphatic heterocycles. The topological polar surface area (TPSA) is 12.0 Å². The highest BCUT2D eigenvalue weighted by Gasteiger charge is 2.27. The average molecular weight is 235 g/mol. The Morgan fingerprint density at radius 3 is 2.88 bits per heavy atom. The molecule has 1 heteroatoms. The molecule has 1 atom stereocenters. The lowest BCUT2D eigenvalue weighted by Crippen LogP contribution is -2.37. The summed E-state index contributed by atoms with van der Waals surface area (Å²) in [6.45, 7) is 6.04. The standard InChI is InChI=1S/C16H29N/c1-16(2)11-6-9-15(13-16)17-12-10-14-7-4-3-5-8-14/h7,15,17H,3-6,8-13H2,1-2H3. The Balaban J connectivity index is 1.66. The predicted molar refractivity (Wildman–Crippen MR) is 75.2 cm³/mol. The van der Waals surface area contributed by atoms with E-state index in [9.17, 15) is 0 Å². The highest BCUT2D eigenvalue weighted by atomic mass is 14.9. The quantitative estimate of drug-likeness (QED) is 0.711. The number of allylic oxidation sites excluding steroid dienone is 1. The fourth-order valence-corrected chi connectivity index (χ4v) is 3.44. The Morgan fingerprint density at radius 1 is 1.29 bits per heavy atom. The van der Waals surface area contributed by atoms with Crippen LogP contribution >= 0.6 is 0 Å². The Kier molecular flexibility index (Phi) is 4.67. The van der Waals surface area contributed by atoms with Gasteiger partial charge in [0, 0.05) is 6.04 Å². The van der Waals surface area contributed by atoms with Crippen LogP contribution in [0.5, 0.6) is 0 Å². The molecule has 2 rings (SSSR count). The van der Waals surface area contributed by atoms with Gasteiger partial charge in [0.05, 0.1) is 0 Å². The first-order valence-electron chi connectivity index (χ1n) is 7.57. The zero-order valence-electron chi connectivity index (χ0n) is 11.7. The van der Waals surface area contributed by atoms with Crippen molar-refractivity contribution in [1.82, 2.24) is 5.32 Å². The molecule has 0 radical (unpaired) electrons. The predicted octanol–water partition coefficient (Wildman–Crippen LogP) is 4.44. The third-order valence-electron chi connectivity index (χ3n) is 4.47. The summed E-state index contributed by atoms with van der Waals surface area (Å²) in [4.78, 5) is 0. The van der Waals surface area contributed by atoms with Crippen molar-refractivity contribution in [3.05, 3.63) is 11.6 Å². The molecule has 0 spiro atoms. The van der Waals surface area contributed by atoms with Crippen LogP contribution < -0.4 is 5.32 Å². The van der Waals surface area contributed by atoms with Crippen LogP contribution in [0.1, 0.15) is 71.6 Å². The van der Waals surface area contributed by atoms with E-state index in [0.717, 1.165) is 6.04 Å². The van der Waals surface area contributed by atoms with Gasteiger partial charge in [-0.2, -0.15) is 0 Å². The maximum absolute atomic E-state index is 3.78. The molecule has 1 nitrogen and oxygen atoms in total. The number of hydrogen-bond donors (Lipinski definition) is 1. The summed E-state index contributed by atoms with van der Waals surface area (Å²) in [6.07, 6.45) is 14.9. The van der Waals surface area contributed by atoms with Gasteiger partial charge in [0.2, 0.25) is 0 Å². The van der Waals surface area contributed by atoms with E-state index in [1.54, 1.807) is 5.57 Å². The van der Waals surface area contributed by atoms with E-state index in [2.05, 4.69) is 25.2 Å². The molecule has 0 saturated heterocycles. The van der Waals surface area contributed by atoms with E-state index >= 15 is 0 Å². The summed E-state index contributed by atoms with van der Waals surface area (Å²) in [6, 6.07) is 0.781. The summed E-state index contributed by atoms with van der Waals surface area (Å²) in [5, 5.41) is 3.78. The van der Waals surface area contributed by atoms with Crippen molar-refractivity contribution in [2.75, 3.05) is 6.54 Å². The lowest BCUT2D eigenvalue weighted by atomic mass is 9.75. The van der Waals surface area contributed by atoms with E-state index < -0.39 is 0 Å². The van der Waals surface area contributed by atoms with Crippen LogP contribution in [0.25, 0.3) is 0 Å². The molecule has 0 amide bonds. The molecule has 1 saturated carbocycles. The molecule has 2 aliphatic carbocycles. The fraction of sp³-hybridized carbons (Fsp3) is 0.875. The van der Waals surface area contributed by atoms with Crippen molar-refractivity contribution in [2.24, 2.45) is 5.41 Å². The summed E-state index contributed by atoms with van der Waals surface area (Å²) in [7, 11) is 0. The molecule has 98 valence electrons. The zero-order chi connectivity index (χ0) is 12.1. The fourth-order valence-electron chi connectivity index (χ4n) is 3.44. The second-order valence-electron chi connectivity index (χ2n) is 6.77. The first-order chi connectivity index (χ1) is 8.16. The van der Waals surface area contributed by atoms with Gasteiger partial charge in [-0.25, -0.2) is 0 Å². The second kappa shape index (κ2) is 6.04. The molecule has 1 fully saturated rings. The molecular weight excluding hydrogens is 206 g/mol. The van der Waals surface area contributed by atoms with Gasteiger partial charge >= 0.3 is 0 Å². The average Bonchev–Trinajstić information content (AvgIpc) is 2.29. The number of nitrogens with one attached hydrogen (secondary N) is 1. The normalized spacial score (nSPS) is 28.8. The van der Waals surface area contributed by atoms with E-state index in [1.807, 2.05) is 0 Å². The van der Waals surface area contributed by atoms with E-state index in [1.165, 1.54) is 64.3 Å². The van der Waals surface area contributed by atoms with Gasteiger partial charge in [-0.3, -0.25) is 0 Å². The smallest absolute Gasteiger partial charge is 0.00722 e. The van der Waals surface area contributed by atoms with Gasteiger partial charge < -0.3 is 5.32 Å². The van der Waals surface area contributed by atoms with Gasteiger partial charge in [0.15, 0.2) is 0 Å². The Hall–Kier alpha value is -0.300. The first-order valence-corrected chi connectivity index (χ1v) is 7.57. The largest absolute Gasteiger partial charge is 0.314 e. The van der Waals surface area contributed by atoms with Crippen LogP contribution in [-0.2, 0) is 0 Å².